The highest BCUT2D eigenvalue weighted by Crippen LogP contribution is 2.24. The fourth-order valence-electron chi connectivity index (χ4n) is 3.13. The second kappa shape index (κ2) is 6.94. The number of aromatic amines is 1. The molecular formula is C20H15ClN4O3. The van der Waals surface area contributed by atoms with Gasteiger partial charge in [-0.1, -0.05) is 40.6 Å². The van der Waals surface area contributed by atoms with Gasteiger partial charge in [0.15, 0.2) is 0 Å². The Kier molecular flexibility index (Phi) is 4.44. The van der Waals surface area contributed by atoms with Gasteiger partial charge in [-0.15, -0.1) is 5.10 Å². The molecule has 0 aliphatic heterocycles. The number of carboxylic acid groups (broad SMARTS) is 1. The fourth-order valence-corrected chi connectivity index (χ4v) is 3.37. The van der Waals surface area contributed by atoms with Gasteiger partial charge in [-0.3, -0.25) is 4.79 Å². The molecule has 2 aromatic carbocycles. The van der Waals surface area contributed by atoms with Crippen molar-refractivity contribution in [3.05, 3.63) is 80.7 Å². The van der Waals surface area contributed by atoms with Gasteiger partial charge in [0.2, 0.25) is 0 Å². The van der Waals surface area contributed by atoms with Crippen LogP contribution in [0.2, 0.25) is 5.02 Å². The smallest absolute Gasteiger partial charge is 0.341 e. The van der Waals surface area contributed by atoms with E-state index in [1.54, 1.807) is 16.8 Å². The summed E-state index contributed by atoms with van der Waals surface area (Å²) in [7, 11) is 0. The van der Waals surface area contributed by atoms with Crippen molar-refractivity contribution in [2.45, 2.75) is 13.5 Å². The number of halogens is 1. The summed E-state index contributed by atoms with van der Waals surface area (Å²) in [5.74, 6) is -1.29. The number of hydrogen-bond acceptors (Lipinski definition) is 4. The number of aromatic carboxylic acids is 1. The van der Waals surface area contributed by atoms with Gasteiger partial charge in [0.05, 0.1) is 18.3 Å². The lowest BCUT2D eigenvalue weighted by atomic mass is 10.1. The molecule has 0 fully saturated rings. The van der Waals surface area contributed by atoms with E-state index in [9.17, 15) is 9.59 Å². The SMILES string of the molecule is Cc1cccc(-c2cn(Cc3cc(Cl)cc4cc(C(=O)O)c(=O)[nH]c34)nn2)c1. The van der Waals surface area contributed by atoms with Crippen LogP contribution in [0.15, 0.2) is 53.5 Å². The third-order valence-corrected chi connectivity index (χ3v) is 4.63. The van der Waals surface area contributed by atoms with E-state index < -0.39 is 11.5 Å². The molecule has 0 saturated heterocycles. The first-order chi connectivity index (χ1) is 13.4. The number of carboxylic acids is 1. The number of pyridine rings is 1. The van der Waals surface area contributed by atoms with Crippen molar-refractivity contribution in [2.24, 2.45) is 0 Å². The van der Waals surface area contributed by atoms with E-state index in [1.807, 2.05) is 37.4 Å². The summed E-state index contributed by atoms with van der Waals surface area (Å²) in [6.07, 6.45) is 1.81. The molecule has 0 aliphatic carbocycles. The van der Waals surface area contributed by atoms with Gasteiger partial charge in [0.1, 0.15) is 11.3 Å². The first-order valence-electron chi connectivity index (χ1n) is 8.46. The maximum absolute atomic E-state index is 12.1. The van der Waals surface area contributed by atoms with Crippen LogP contribution >= 0.6 is 11.6 Å². The van der Waals surface area contributed by atoms with Crippen LogP contribution < -0.4 is 5.56 Å². The highest BCUT2D eigenvalue weighted by atomic mass is 35.5. The Morgan fingerprint density at radius 2 is 2.07 bits per heavy atom. The molecule has 2 aromatic heterocycles. The number of hydrogen-bond donors (Lipinski definition) is 2. The van der Waals surface area contributed by atoms with Crippen LogP contribution in [0, 0.1) is 6.92 Å². The van der Waals surface area contributed by atoms with Crippen LogP contribution in [-0.4, -0.2) is 31.1 Å². The van der Waals surface area contributed by atoms with Crippen molar-refractivity contribution in [3.8, 4) is 11.3 Å². The molecule has 8 heteroatoms. The molecule has 7 nitrogen and oxygen atoms in total. The molecule has 0 spiro atoms. The summed E-state index contributed by atoms with van der Waals surface area (Å²) in [5, 5.41) is 18.5. The van der Waals surface area contributed by atoms with Crippen LogP contribution in [-0.2, 0) is 6.54 Å². The van der Waals surface area contributed by atoms with Gasteiger partial charge in [-0.05, 0) is 36.8 Å². The number of benzene rings is 2. The number of nitrogens with one attached hydrogen (secondary N) is 1. The molecule has 0 amide bonds. The summed E-state index contributed by atoms with van der Waals surface area (Å²) in [6.45, 7) is 2.33. The Hall–Kier alpha value is -3.45. The molecule has 140 valence electrons. The minimum Gasteiger partial charge on any atom is -0.477 e. The summed E-state index contributed by atoms with van der Waals surface area (Å²) in [5.41, 5.74) is 3.05. The Balaban J connectivity index is 1.75. The largest absolute Gasteiger partial charge is 0.477 e. The van der Waals surface area contributed by atoms with E-state index >= 15 is 0 Å². The van der Waals surface area contributed by atoms with Gasteiger partial charge >= 0.3 is 5.97 Å². The minimum atomic E-state index is -1.29. The van der Waals surface area contributed by atoms with Gasteiger partial charge in [0.25, 0.3) is 5.56 Å². The van der Waals surface area contributed by atoms with Crippen molar-refractivity contribution >= 4 is 28.5 Å². The van der Waals surface area contributed by atoms with Gasteiger partial charge < -0.3 is 10.1 Å². The molecule has 0 unspecified atom stereocenters. The van der Waals surface area contributed by atoms with E-state index in [0.29, 0.717) is 28.0 Å². The number of aromatic nitrogens is 4. The van der Waals surface area contributed by atoms with Crippen LogP contribution in [0.4, 0.5) is 0 Å². The Morgan fingerprint density at radius 3 is 2.82 bits per heavy atom. The summed E-state index contributed by atoms with van der Waals surface area (Å²) in [6, 6.07) is 12.6. The van der Waals surface area contributed by atoms with E-state index in [-0.39, 0.29) is 5.56 Å². The average Bonchev–Trinajstić information content (AvgIpc) is 3.10. The molecule has 0 aliphatic rings. The summed E-state index contributed by atoms with van der Waals surface area (Å²) in [4.78, 5) is 25.9. The van der Waals surface area contributed by atoms with Crippen molar-refractivity contribution in [1.29, 1.82) is 0 Å². The molecule has 4 rings (SSSR count). The van der Waals surface area contributed by atoms with Crippen molar-refractivity contribution < 1.29 is 9.90 Å². The second-order valence-electron chi connectivity index (χ2n) is 6.52. The van der Waals surface area contributed by atoms with E-state index in [1.165, 1.54) is 6.07 Å². The van der Waals surface area contributed by atoms with Crippen molar-refractivity contribution in [1.82, 2.24) is 20.0 Å². The van der Waals surface area contributed by atoms with Crippen molar-refractivity contribution in [3.63, 3.8) is 0 Å². The molecule has 0 radical (unpaired) electrons. The predicted octanol–water partition coefficient (Wildman–Crippen LogP) is 3.49. The second-order valence-corrected chi connectivity index (χ2v) is 6.95. The number of H-pyrrole nitrogens is 1. The predicted molar refractivity (Wildman–Crippen MR) is 106 cm³/mol. The lowest BCUT2D eigenvalue weighted by Gasteiger charge is -2.08. The van der Waals surface area contributed by atoms with E-state index in [2.05, 4.69) is 15.3 Å². The molecule has 28 heavy (non-hydrogen) atoms. The summed E-state index contributed by atoms with van der Waals surface area (Å²) >= 11 is 6.20. The topological polar surface area (TPSA) is 101 Å². The molecular weight excluding hydrogens is 380 g/mol. The van der Waals surface area contributed by atoms with Crippen molar-refractivity contribution in [2.75, 3.05) is 0 Å². The maximum Gasteiger partial charge on any atom is 0.341 e. The maximum atomic E-state index is 12.1. The zero-order chi connectivity index (χ0) is 19.8. The molecule has 0 bridgehead atoms. The number of rotatable bonds is 4. The number of nitrogens with zero attached hydrogens (tertiary/aromatic N) is 3. The first kappa shape index (κ1) is 17.9. The summed E-state index contributed by atoms with van der Waals surface area (Å²) < 4.78 is 1.65. The normalized spacial score (nSPS) is 11.1. The number of carbonyl (C=O) groups is 1. The quantitative estimate of drug-likeness (QED) is 0.551. The lowest BCUT2D eigenvalue weighted by Crippen LogP contribution is -2.17. The average molecular weight is 395 g/mol. The van der Waals surface area contributed by atoms with E-state index in [0.717, 1.165) is 16.8 Å². The highest BCUT2D eigenvalue weighted by Gasteiger charge is 2.14. The lowest BCUT2D eigenvalue weighted by molar-refractivity contribution is 0.0695. The van der Waals surface area contributed by atoms with Gasteiger partial charge in [-0.25, -0.2) is 9.48 Å². The first-order valence-corrected chi connectivity index (χ1v) is 8.84. The van der Waals surface area contributed by atoms with Gasteiger partial charge in [-0.2, -0.15) is 0 Å². The zero-order valence-electron chi connectivity index (χ0n) is 14.8. The molecule has 2 heterocycles. The Morgan fingerprint density at radius 1 is 1.25 bits per heavy atom. The fraction of sp³-hybridized carbons (Fsp3) is 0.100. The highest BCUT2D eigenvalue weighted by molar-refractivity contribution is 6.31. The number of fused-ring (bicyclic) bond motifs is 1. The molecule has 0 saturated carbocycles. The Labute approximate surface area is 164 Å². The standard InChI is InChI=1S/C20H15ClN4O3/c1-11-3-2-4-12(5-11)17-10-25(24-23-17)9-14-7-15(21)6-13-8-16(20(27)28)19(26)22-18(13)14/h2-8,10H,9H2,1H3,(H,22,26)(H,27,28). The van der Waals surface area contributed by atoms with Crippen LogP contribution in [0.1, 0.15) is 21.5 Å². The molecule has 2 N–H and O–H groups in total. The third kappa shape index (κ3) is 3.39. The third-order valence-electron chi connectivity index (χ3n) is 4.41. The minimum absolute atomic E-state index is 0.318. The molecule has 4 aromatic rings. The molecule has 0 atom stereocenters. The van der Waals surface area contributed by atoms with Crippen LogP contribution in [0.25, 0.3) is 22.2 Å². The number of aryl methyl sites for hydroxylation is 1. The van der Waals surface area contributed by atoms with E-state index in [4.69, 9.17) is 16.7 Å². The van der Waals surface area contributed by atoms with Gasteiger partial charge in [0, 0.05) is 16.0 Å². The zero-order valence-corrected chi connectivity index (χ0v) is 15.6. The van der Waals surface area contributed by atoms with Crippen LogP contribution in [0.5, 0.6) is 0 Å². The van der Waals surface area contributed by atoms with Crippen LogP contribution in [0.3, 0.4) is 0 Å². The Bertz CT molecular complexity index is 1280. The monoisotopic (exact) mass is 394 g/mol.